The van der Waals surface area contributed by atoms with Crippen molar-refractivity contribution in [2.75, 3.05) is 5.73 Å². The van der Waals surface area contributed by atoms with Crippen LogP contribution < -0.4 is 5.73 Å². The van der Waals surface area contributed by atoms with Gasteiger partial charge in [0.2, 0.25) is 0 Å². The van der Waals surface area contributed by atoms with Crippen molar-refractivity contribution in [3.8, 4) is 11.3 Å². The Morgan fingerprint density at radius 1 is 1.44 bits per heavy atom. The molecule has 1 aromatic carbocycles. The van der Waals surface area contributed by atoms with E-state index in [2.05, 4.69) is 10.3 Å². The molecular formula is C11H13FN4. The lowest BCUT2D eigenvalue weighted by atomic mass is 10.1. The summed E-state index contributed by atoms with van der Waals surface area (Å²) < 4.78 is 15.3. The number of anilines is 1. The third-order valence-electron chi connectivity index (χ3n) is 2.32. The second-order valence-corrected chi connectivity index (χ2v) is 3.58. The SMILES string of the molecule is CCCn1nncc1-c1cc(N)ccc1F. The fourth-order valence-electron chi connectivity index (χ4n) is 1.58. The van der Waals surface area contributed by atoms with Crippen LogP contribution in [-0.2, 0) is 6.54 Å². The van der Waals surface area contributed by atoms with E-state index in [4.69, 9.17) is 5.73 Å². The Kier molecular flexibility index (Phi) is 2.85. The first-order valence-electron chi connectivity index (χ1n) is 5.16. The van der Waals surface area contributed by atoms with E-state index >= 15 is 0 Å². The van der Waals surface area contributed by atoms with Gasteiger partial charge in [0.15, 0.2) is 0 Å². The van der Waals surface area contributed by atoms with E-state index in [1.807, 2.05) is 6.92 Å². The summed E-state index contributed by atoms with van der Waals surface area (Å²) in [5, 5.41) is 7.71. The summed E-state index contributed by atoms with van der Waals surface area (Å²) in [6.07, 6.45) is 2.47. The maximum atomic E-state index is 13.6. The van der Waals surface area contributed by atoms with Crippen LogP contribution in [0.25, 0.3) is 11.3 Å². The summed E-state index contributed by atoms with van der Waals surface area (Å²) in [6, 6.07) is 4.49. The van der Waals surface area contributed by atoms with E-state index < -0.39 is 0 Å². The minimum atomic E-state index is -0.311. The van der Waals surface area contributed by atoms with E-state index in [1.165, 1.54) is 12.1 Å². The van der Waals surface area contributed by atoms with Gasteiger partial charge in [-0.15, -0.1) is 5.10 Å². The number of nitrogens with two attached hydrogens (primary N) is 1. The lowest BCUT2D eigenvalue weighted by molar-refractivity contribution is 0.578. The molecule has 0 spiro atoms. The zero-order chi connectivity index (χ0) is 11.5. The van der Waals surface area contributed by atoms with Crippen LogP contribution in [0.5, 0.6) is 0 Å². The van der Waals surface area contributed by atoms with Gasteiger partial charge >= 0.3 is 0 Å². The van der Waals surface area contributed by atoms with Crippen molar-refractivity contribution in [1.29, 1.82) is 0 Å². The van der Waals surface area contributed by atoms with E-state index in [0.29, 0.717) is 23.5 Å². The Bertz CT molecular complexity index is 492. The molecule has 0 unspecified atom stereocenters. The average molecular weight is 220 g/mol. The molecule has 0 atom stereocenters. The molecule has 4 nitrogen and oxygen atoms in total. The molecule has 0 bridgehead atoms. The van der Waals surface area contributed by atoms with Crippen LogP contribution >= 0.6 is 0 Å². The molecule has 0 saturated heterocycles. The van der Waals surface area contributed by atoms with Crippen molar-refractivity contribution in [2.45, 2.75) is 19.9 Å². The lowest BCUT2D eigenvalue weighted by Crippen LogP contribution is -2.02. The Labute approximate surface area is 92.9 Å². The van der Waals surface area contributed by atoms with Crippen LogP contribution in [0.3, 0.4) is 0 Å². The van der Waals surface area contributed by atoms with Crippen LogP contribution in [0.2, 0.25) is 0 Å². The molecule has 1 aromatic heterocycles. The average Bonchev–Trinajstić information content (AvgIpc) is 2.70. The smallest absolute Gasteiger partial charge is 0.132 e. The molecule has 0 amide bonds. The summed E-state index contributed by atoms with van der Waals surface area (Å²) in [4.78, 5) is 0. The zero-order valence-corrected chi connectivity index (χ0v) is 9.02. The Hall–Kier alpha value is -1.91. The Morgan fingerprint density at radius 2 is 2.25 bits per heavy atom. The molecule has 0 aliphatic rings. The van der Waals surface area contributed by atoms with Gasteiger partial charge in [0.1, 0.15) is 5.82 Å². The molecule has 1 heterocycles. The van der Waals surface area contributed by atoms with E-state index in [1.54, 1.807) is 16.9 Å². The maximum Gasteiger partial charge on any atom is 0.132 e. The molecule has 84 valence electrons. The van der Waals surface area contributed by atoms with Gasteiger partial charge in [-0.1, -0.05) is 12.1 Å². The summed E-state index contributed by atoms with van der Waals surface area (Å²) in [5.41, 5.74) is 7.27. The number of aryl methyl sites for hydroxylation is 1. The number of benzene rings is 1. The first kappa shape index (κ1) is 10.6. The number of aromatic nitrogens is 3. The normalized spacial score (nSPS) is 10.6. The first-order chi connectivity index (χ1) is 7.72. The van der Waals surface area contributed by atoms with E-state index in [-0.39, 0.29) is 5.82 Å². The molecule has 5 heteroatoms. The molecule has 0 aliphatic carbocycles. The highest BCUT2D eigenvalue weighted by atomic mass is 19.1. The third-order valence-corrected chi connectivity index (χ3v) is 2.32. The topological polar surface area (TPSA) is 56.7 Å². The first-order valence-corrected chi connectivity index (χ1v) is 5.16. The quantitative estimate of drug-likeness (QED) is 0.805. The number of hydrogen-bond acceptors (Lipinski definition) is 3. The van der Waals surface area contributed by atoms with Gasteiger partial charge in [0.05, 0.1) is 11.9 Å². The molecule has 0 saturated carbocycles. The van der Waals surface area contributed by atoms with Crippen molar-refractivity contribution in [2.24, 2.45) is 0 Å². The van der Waals surface area contributed by atoms with Crippen LogP contribution in [-0.4, -0.2) is 15.0 Å². The van der Waals surface area contributed by atoms with Gasteiger partial charge < -0.3 is 5.73 Å². The summed E-state index contributed by atoms with van der Waals surface area (Å²) in [6.45, 7) is 2.74. The second-order valence-electron chi connectivity index (χ2n) is 3.58. The van der Waals surface area contributed by atoms with Crippen LogP contribution in [0.1, 0.15) is 13.3 Å². The highest BCUT2D eigenvalue weighted by Crippen LogP contribution is 2.24. The van der Waals surface area contributed by atoms with Crippen molar-refractivity contribution >= 4 is 5.69 Å². The standard InChI is InChI=1S/C11H13FN4/c1-2-5-16-11(7-14-15-16)9-6-8(13)3-4-10(9)12/h3-4,6-7H,2,5,13H2,1H3. The second kappa shape index (κ2) is 4.30. The highest BCUT2D eigenvalue weighted by molar-refractivity contribution is 5.64. The van der Waals surface area contributed by atoms with Crippen molar-refractivity contribution in [3.63, 3.8) is 0 Å². The molecule has 0 fully saturated rings. The van der Waals surface area contributed by atoms with Crippen molar-refractivity contribution in [1.82, 2.24) is 15.0 Å². The maximum absolute atomic E-state index is 13.6. The van der Waals surface area contributed by atoms with E-state index in [9.17, 15) is 4.39 Å². The highest BCUT2D eigenvalue weighted by Gasteiger charge is 2.11. The van der Waals surface area contributed by atoms with Gasteiger partial charge in [-0.05, 0) is 24.6 Å². The van der Waals surface area contributed by atoms with Crippen LogP contribution in [0, 0.1) is 5.82 Å². The lowest BCUT2D eigenvalue weighted by Gasteiger charge is -2.06. The molecule has 2 N–H and O–H groups in total. The monoisotopic (exact) mass is 220 g/mol. The number of hydrogen-bond donors (Lipinski definition) is 1. The molecule has 2 rings (SSSR count). The third kappa shape index (κ3) is 1.88. The molecule has 0 aliphatic heterocycles. The number of nitrogen functional groups attached to an aromatic ring is 1. The fourth-order valence-corrected chi connectivity index (χ4v) is 1.58. The predicted octanol–water partition coefficient (Wildman–Crippen LogP) is 2.08. The molecule has 0 radical (unpaired) electrons. The zero-order valence-electron chi connectivity index (χ0n) is 9.02. The van der Waals surface area contributed by atoms with E-state index in [0.717, 1.165) is 6.42 Å². The number of rotatable bonds is 3. The Morgan fingerprint density at radius 3 is 3.00 bits per heavy atom. The largest absolute Gasteiger partial charge is 0.399 e. The minimum Gasteiger partial charge on any atom is -0.399 e. The summed E-state index contributed by atoms with van der Waals surface area (Å²) in [5.74, 6) is -0.311. The number of halogens is 1. The van der Waals surface area contributed by atoms with Gasteiger partial charge in [0, 0.05) is 17.8 Å². The molecule has 16 heavy (non-hydrogen) atoms. The fraction of sp³-hybridized carbons (Fsp3) is 0.273. The van der Waals surface area contributed by atoms with Gasteiger partial charge in [-0.2, -0.15) is 0 Å². The van der Waals surface area contributed by atoms with Crippen LogP contribution in [0.4, 0.5) is 10.1 Å². The summed E-state index contributed by atoms with van der Waals surface area (Å²) in [7, 11) is 0. The minimum absolute atomic E-state index is 0.311. The number of nitrogens with zero attached hydrogens (tertiary/aromatic N) is 3. The predicted molar refractivity (Wildman–Crippen MR) is 60.1 cm³/mol. The Balaban J connectivity index is 2.49. The molecule has 2 aromatic rings. The summed E-state index contributed by atoms with van der Waals surface area (Å²) >= 11 is 0. The van der Waals surface area contributed by atoms with Gasteiger partial charge in [0.25, 0.3) is 0 Å². The molecular weight excluding hydrogens is 207 g/mol. The van der Waals surface area contributed by atoms with Gasteiger partial charge in [-0.25, -0.2) is 9.07 Å². The van der Waals surface area contributed by atoms with Crippen molar-refractivity contribution < 1.29 is 4.39 Å². The van der Waals surface area contributed by atoms with Crippen LogP contribution in [0.15, 0.2) is 24.4 Å². The van der Waals surface area contributed by atoms with Gasteiger partial charge in [-0.3, -0.25) is 0 Å². The van der Waals surface area contributed by atoms with Crippen molar-refractivity contribution in [3.05, 3.63) is 30.2 Å².